The van der Waals surface area contributed by atoms with E-state index in [1.54, 1.807) is 0 Å². The Bertz CT molecular complexity index is 333. The van der Waals surface area contributed by atoms with Crippen LogP contribution in [0.1, 0.15) is 10.6 Å². The molecule has 5 N–H and O–H groups in total. The van der Waals surface area contributed by atoms with Gasteiger partial charge in [-0.2, -0.15) is 4.98 Å². The monoisotopic (exact) mass is 185 g/mol. The maximum absolute atomic E-state index is 11.0. The molecule has 0 fully saturated rings. The Kier molecular flexibility index (Phi) is 2.43. The average molecular weight is 185 g/mol. The number of aliphatic carboxylic acids is 1. The Morgan fingerprint density at radius 1 is 1.62 bits per heavy atom. The number of nitrogens with two attached hydrogens (primary N) is 1. The third-order valence-electron chi connectivity index (χ3n) is 1.12. The largest absolute Gasteiger partial charge is 0.480 e. The number of aromatic nitrogens is 3. The molecule has 1 amide bonds. The summed E-state index contributed by atoms with van der Waals surface area (Å²) >= 11 is 0. The van der Waals surface area contributed by atoms with Crippen molar-refractivity contribution in [2.24, 2.45) is 0 Å². The SMILES string of the molecule is Nc1n[nH]c(C(=O)NCC(=O)O)n1. The van der Waals surface area contributed by atoms with Crippen LogP contribution in [0.3, 0.4) is 0 Å². The zero-order valence-corrected chi connectivity index (χ0v) is 6.44. The molecule has 0 bridgehead atoms. The van der Waals surface area contributed by atoms with Crippen LogP contribution < -0.4 is 11.1 Å². The van der Waals surface area contributed by atoms with Crippen LogP contribution in [-0.4, -0.2) is 38.7 Å². The van der Waals surface area contributed by atoms with Crippen molar-refractivity contribution in [2.45, 2.75) is 0 Å². The molecule has 1 rings (SSSR count). The molecule has 0 saturated heterocycles. The van der Waals surface area contributed by atoms with Crippen LogP contribution in [0.25, 0.3) is 0 Å². The number of hydrogen-bond acceptors (Lipinski definition) is 5. The number of hydrogen-bond donors (Lipinski definition) is 4. The van der Waals surface area contributed by atoms with Crippen molar-refractivity contribution < 1.29 is 14.7 Å². The number of carboxylic acid groups (broad SMARTS) is 1. The lowest BCUT2D eigenvalue weighted by molar-refractivity contribution is -0.135. The molecular weight excluding hydrogens is 178 g/mol. The Hall–Kier alpha value is -2.12. The van der Waals surface area contributed by atoms with E-state index in [4.69, 9.17) is 10.8 Å². The van der Waals surface area contributed by atoms with Gasteiger partial charge in [0.25, 0.3) is 5.91 Å². The fourth-order valence-corrected chi connectivity index (χ4v) is 0.616. The fraction of sp³-hybridized carbons (Fsp3) is 0.200. The van der Waals surface area contributed by atoms with E-state index < -0.39 is 18.4 Å². The average Bonchev–Trinajstić information content (AvgIpc) is 2.47. The molecule has 0 aliphatic heterocycles. The predicted molar refractivity (Wildman–Crippen MR) is 40.8 cm³/mol. The number of amides is 1. The molecule has 8 nitrogen and oxygen atoms in total. The molecule has 0 spiro atoms. The minimum absolute atomic E-state index is 0.0690. The maximum Gasteiger partial charge on any atom is 0.322 e. The smallest absolute Gasteiger partial charge is 0.322 e. The molecule has 13 heavy (non-hydrogen) atoms. The second kappa shape index (κ2) is 3.52. The predicted octanol–water partition coefficient (Wildman–Crippen LogP) is -1.80. The van der Waals surface area contributed by atoms with Gasteiger partial charge < -0.3 is 16.2 Å². The molecule has 1 heterocycles. The number of aromatic amines is 1. The summed E-state index contributed by atoms with van der Waals surface area (Å²) in [5, 5.41) is 15.9. The van der Waals surface area contributed by atoms with Crippen LogP contribution in [0.2, 0.25) is 0 Å². The first kappa shape index (κ1) is 8.97. The number of nitrogens with one attached hydrogen (secondary N) is 2. The van der Waals surface area contributed by atoms with Gasteiger partial charge in [-0.15, -0.1) is 5.10 Å². The van der Waals surface area contributed by atoms with Crippen LogP contribution in [0.15, 0.2) is 0 Å². The third-order valence-corrected chi connectivity index (χ3v) is 1.12. The van der Waals surface area contributed by atoms with Gasteiger partial charge in [0.2, 0.25) is 11.8 Å². The third kappa shape index (κ3) is 2.43. The summed E-state index contributed by atoms with van der Waals surface area (Å²) in [5.41, 5.74) is 5.12. The number of rotatable bonds is 3. The highest BCUT2D eigenvalue weighted by Crippen LogP contribution is 1.91. The Morgan fingerprint density at radius 3 is 2.77 bits per heavy atom. The van der Waals surface area contributed by atoms with E-state index >= 15 is 0 Å². The summed E-state index contributed by atoms with van der Waals surface area (Å²) < 4.78 is 0. The van der Waals surface area contributed by atoms with Crippen LogP contribution >= 0.6 is 0 Å². The Morgan fingerprint density at radius 2 is 2.31 bits per heavy atom. The van der Waals surface area contributed by atoms with E-state index in [0.717, 1.165) is 0 Å². The van der Waals surface area contributed by atoms with Crippen LogP contribution in [0.5, 0.6) is 0 Å². The molecule has 0 radical (unpaired) electrons. The van der Waals surface area contributed by atoms with E-state index in [1.165, 1.54) is 0 Å². The maximum atomic E-state index is 11.0. The first-order chi connectivity index (χ1) is 6.09. The van der Waals surface area contributed by atoms with Gasteiger partial charge in [-0.1, -0.05) is 0 Å². The first-order valence-corrected chi connectivity index (χ1v) is 3.27. The molecule has 0 unspecified atom stereocenters. The van der Waals surface area contributed by atoms with Gasteiger partial charge in [0.05, 0.1) is 0 Å². The van der Waals surface area contributed by atoms with Crippen LogP contribution in [0.4, 0.5) is 5.95 Å². The van der Waals surface area contributed by atoms with Crippen molar-refractivity contribution in [2.75, 3.05) is 12.3 Å². The topological polar surface area (TPSA) is 134 Å². The number of anilines is 1. The molecule has 0 aliphatic carbocycles. The summed E-state index contributed by atoms with van der Waals surface area (Å²) in [6.07, 6.45) is 0. The molecule has 70 valence electrons. The number of nitrogen functional groups attached to an aromatic ring is 1. The minimum atomic E-state index is -1.14. The van der Waals surface area contributed by atoms with Gasteiger partial charge in [-0.3, -0.25) is 14.7 Å². The van der Waals surface area contributed by atoms with Crippen LogP contribution in [-0.2, 0) is 4.79 Å². The lowest BCUT2D eigenvalue weighted by atomic mass is 10.5. The summed E-state index contributed by atoms with van der Waals surface area (Å²) in [7, 11) is 0. The Labute approximate surface area is 72.2 Å². The number of carboxylic acids is 1. The standard InChI is InChI=1S/C5H7N5O3/c6-5-8-3(9-10-5)4(13)7-1-2(11)12/h1H2,(H,7,13)(H,11,12)(H3,6,8,9,10). The molecule has 8 heteroatoms. The van der Waals surface area contributed by atoms with Crippen molar-refractivity contribution in [1.29, 1.82) is 0 Å². The van der Waals surface area contributed by atoms with Gasteiger partial charge in [0, 0.05) is 0 Å². The first-order valence-electron chi connectivity index (χ1n) is 3.27. The van der Waals surface area contributed by atoms with E-state index in [9.17, 15) is 9.59 Å². The van der Waals surface area contributed by atoms with Gasteiger partial charge in [0.1, 0.15) is 6.54 Å². The molecule has 0 aromatic carbocycles. The van der Waals surface area contributed by atoms with Gasteiger partial charge in [-0.05, 0) is 0 Å². The number of carbonyl (C=O) groups is 2. The van der Waals surface area contributed by atoms with E-state index in [2.05, 4.69) is 20.5 Å². The Balaban J connectivity index is 2.54. The van der Waals surface area contributed by atoms with Gasteiger partial charge in [0.15, 0.2) is 0 Å². The summed E-state index contributed by atoms with van der Waals surface area (Å²) in [6, 6.07) is 0. The molecule has 0 atom stereocenters. The normalized spacial score (nSPS) is 9.54. The second-order valence-corrected chi connectivity index (χ2v) is 2.12. The zero-order chi connectivity index (χ0) is 9.84. The quantitative estimate of drug-likeness (QED) is 0.439. The highest BCUT2D eigenvalue weighted by atomic mass is 16.4. The van der Waals surface area contributed by atoms with E-state index in [0.29, 0.717) is 0 Å². The molecule has 1 aromatic rings. The molecule has 0 saturated carbocycles. The summed E-state index contributed by atoms with van der Waals surface area (Å²) in [4.78, 5) is 24.5. The van der Waals surface area contributed by atoms with E-state index in [1.807, 2.05) is 0 Å². The van der Waals surface area contributed by atoms with E-state index in [-0.39, 0.29) is 11.8 Å². The zero-order valence-electron chi connectivity index (χ0n) is 6.44. The lowest BCUT2D eigenvalue weighted by Gasteiger charge is -1.96. The number of carbonyl (C=O) groups excluding carboxylic acids is 1. The minimum Gasteiger partial charge on any atom is -0.480 e. The second-order valence-electron chi connectivity index (χ2n) is 2.12. The van der Waals surface area contributed by atoms with Gasteiger partial charge >= 0.3 is 5.97 Å². The summed E-state index contributed by atoms with van der Waals surface area (Å²) in [6.45, 7) is -0.473. The number of nitrogens with zero attached hydrogens (tertiary/aromatic N) is 2. The van der Waals surface area contributed by atoms with Crippen molar-refractivity contribution in [1.82, 2.24) is 20.5 Å². The van der Waals surface area contributed by atoms with Crippen molar-refractivity contribution in [3.63, 3.8) is 0 Å². The van der Waals surface area contributed by atoms with Crippen molar-refractivity contribution >= 4 is 17.8 Å². The highest BCUT2D eigenvalue weighted by Gasteiger charge is 2.10. The molecule has 0 aliphatic rings. The fourth-order valence-electron chi connectivity index (χ4n) is 0.616. The molecular formula is C5H7N5O3. The lowest BCUT2D eigenvalue weighted by Crippen LogP contribution is -2.30. The highest BCUT2D eigenvalue weighted by molar-refractivity contribution is 5.92. The van der Waals surface area contributed by atoms with Crippen molar-refractivity contribution in [3.8, 4) is 0 Å². The van der Waals surface area contributed by atoms with Gasteiger partial charge in [-0.25, -0.2) is 0 Å². The molecule has 1 aromatic heterocycles. The number of H-pyrrole nitrogens is 1. The van der Waals surface area contributed by atoms with Crippen LogP contribution in [0, 0.1) is 0 Å². The van der Waals surface area contributed by atoms with Crippen molar-refractivity contribution in [3.05, 3.63) is 5.82 Å². The summed E-state index contributed by atoms with van der Waals surface area (Å²) in [5.74, 6) is -1.98.